The molecule has 0 saturated heterocycles. The van der Waals surface area contributed by atoms with Crippen LogP contribution in [0.1, 0.15) is 12.6 Å². The van der Waals surface area contributed by atoms with Gasteiger partial charge in [0, 0.05) is 38.7 Å². The second-order valence-electron chi connectivity index (χ2n) is 3.58. The van der Waals surface area contributed by atoms with Crippen molar-refractivity contribution in [3.8, 4) is 0 Å². The van der Waals surface area contributed by atoms with Gasteiger partial charge in [-0.1, -0.05) is 17.8 Å². The van der Waals surface area contributed by atoms with Gasteiger partial charge in [0.05, 0.1) is 5.69 Å². The van der Waals surface area contributed by atoms with Crippen LogP contribution < -0.4 is 5.09 Å². The van der Waals surface area contributed by atoms with E-state index in [0.29, 0.717) is 18.5 Å². The molecule has 0 spiro atoms. The van der Waals surface area contributed by atoms with E-state index >= 15 is 0 Å². The monoisotopic (exact) mass is 288 g/mol. The van der Waals surface area contributed by atoms with Crippen molar-refractivity contribution < 1.29 is 13.9 Å². The molecule has 0 aliphatic carbocycles. The average Bonchev–Trinajstić information content (AvgIpc) is 2.37. The second-order valence-corrected chi connectivity index (χ2v) is 7.32. The van der Waals surface area contributed by atoms with Gasteiger partial charge in [0.25, 0.3) is 7.52 Å². The topological polar surface area (TPSA) is 68.3 Å². The summed E-state index contributed by atoms with van der Waals surface area (Å²) in [4.78, 5) is 14.9. The zero-order valence-electron chi connectivity index (χ0n) is 10.5. The van der Waals surface area contributed by atoms with Gasteiger partial charge >= 0.3 is 0 Å². The van der Waals surface area contributed by atoms with Crippen molar-refractivity contribution in [3.05, 3.63) is 30.1 Å². The van der Waals surface area contributed by atoms with Gasteiger partial charge in [0.15, 0.2) is 5.12 Å². The Hall–Kier alpha value is -0.680. The molecule has 0 aliphatic heterocycles. The van der Waals surface area contributed by atoms with Crippen LogP contribution in [0.2, 0.25) is 0 Å². The van der Waals surface area contributed by atoms with Crippen LogP contribution in [-0.4, -0.2) is 29.1 Å². The molecule has 7 heteroatoms. The van der Waals surface area contributed by atoms with Gasteiger partial charge in [0.1, 0.15) is 0 Å². The van der Waals surface area contributed by atoms with Crippen LogP contribution in [0.15, 0.2) is 24.4 Å². The maximum Gasteiger partial charge on any atom is 0.270 e. The molecule has 0 aliphatic rings. The highest BCUT2D eigenvalue weighted by Gasteiger charge is 2.20. The third kappa shape index (κ3) is 5.78. The van der Waals surface area contributed by atoms with Gasteiger partial charge in [-0.15, -0.1) is 0 Å². The molecule has 100 valence electrons. The van der Waals surface area contributed by atoms with Crippen molar-refractivity contribution in [1.29, 1.82) is 0 Å². The summed E-state index contributed by atoms with van der Waals surface area (Å²) < 4.78 is 17.3. The van der Waals surface area contributed by atoms with E-state index in [9.17, 15) is 9.36 Å². The van der Waals surface area contributed by atoms with E-state index in [4.69, 9.17) is 4.52 Å². The number of nitrogens with one attached hydrogen (secondary N) is 1. The first-order chi connectivity index (χ1) is 8.56. The first kappa shape index (κ1) is 15.4. The second kappa shape index (κ2) is 7.69. The molecule has 18 heavy (non-hydrogen) atoms. The first-order valence-electron chi connectivity index (χ1n) is 5.49. The van der Waals surface area contributed by atoms with E-state index in [2.05, 4.69) is 10.1 Å². The molecule has 1 unspecified atom stereocenters. The zero-order valence-corrected chi connectivity index (χ0v) is 12.2. The summed E-state index contributed by atoms with van der Waals surface area (Å²) in [5, 5.41) is 2.90. The number of nitrogens with zero attached hydrogens (tertiary/aromatic N) is 1. The van der Waals surface area contributed by atoms with Gasteiger partial charge in [-0.3, -0.25) is 14.3 Å². The largest absolute Gasteiger partial charge is 0.321 e. The lowest BCUT2D eigenvalue weighted by molar-refractivity contribution is -0.109. The molecular weight excluding hydrogens is 271 g/mol. The number of carbonyl (C=O) groups is 1. The summed E-state index contributed by atoms with van der Waals surface area (Å²) in [6.07, 6.45) is 2.00. The number of hydrogen-bond donors (Lipinski definition) is 1. The van der Waals surface area contributed by atoms with E-state index in [1.54, 1.807) is 6.20 Å². The van der Waals surface area contributed by atoms with E-state index in [1.165, 1.54) is 14.0 Å². The minimum absolute atomic E-state index is 0.0161. The fraction of sp³-hybridized carbons (Fsp3) is 0.455. The standard InChI is InChI=1S/C11H17N2O3PS/c1-10(14)18-8-7-17(15,16-2)13-9-11-5-3-4-6-12-11/h3-6H,7-9H2,1-2H3,(H,13,15). The van der Waals surface area contributed by atoms with Gasteiger partial charge in [0.2, 0.25) is 0 Å². The van der Waals surface area contributed by atoms with Crippen molar-refractivity contribution in [1.82, 2.24) is 10.1 Å². The predicted octanol–water partition coefficient (Wildman–Crippen LogP) is 2.29. The highest BCUT2D eigenvalue weighted by atomic mass is 32.2. The SMILES string of the molecule is COP(=O)(CCSC(C)=O)NCc1ccccn1. The van der Waals surface area contributed by atoms with Crippen molar-refractivity contribution in [2.45, 2.75) is 13.5 Å². The molecule has 1 rings (SSSR count). The molecule has 1 atom stereocenters. The summed E-state index contributed by atoms with van der Waals surface area (Å²) >= 11 is 1.15. The number of carbonyl (C=O) groups excluding carboxylic acids is 1. The maximum atomic E-state index is 12.3. The van der Waals surface area contributed by atoms with Crippen LogP contribution in [0.4, 0.5) is 0 Å². The van der Waals surface area contributed by atoms with E-state index in [1.807, 2.05) is 18.2 Å². The number of aromatic nitrogens is 1. The smallest absolute Gasteiger partial charge is 0.270 e. The molecule has 0 amide bonds. The summed E-state index contributed by atoms with van der Waals surface area (Å²) in [6, 6.07) is 5.54. The Morgan fingerprint density at radius 2 is 2.33 bits per heavy atom. The van der Waals surface area contributed by atoms with Crippen molar-refractivity contribution in [2.24, 2.45) is 0 Å². The van der Waals surface area contributed by atoms with Crippen LogP contribution >= 0.6 is 19.3 Å². The van der Waals surface area contributed by atoms with Crippen molar-refractivity contribution >= 4 is 24.4 Å². The third-order valence-corrected chi connectivity index (χ3v) is 5.37. The van der Waals surface area contributed by atoms with E-state index in [-0.39, 0.29) is 5.12 Å². The molecule has 1 aromatic rings. The minimum Gasteiger partial charge on any atom is -0.321 e. The number of thioether (sulfide) groups is 1. The van der Waals surface area contributed by atoms with Crippen LogP contribution in [0.5, 0.6) is 0 Å². The minimum atomic E-state index is -2.88. The fourth-order valence-corrected chi connectivity index (χ4v) is 3.74. The molecule has 0 fully saturated rings. The third-order valence-electron chi connectivity index (χ3n) is 2.21. The fourth-order valence-electron chi connectivity index (χ4n) is 1.25. The van der Waals surface area contributed by atoms with Gasteiger partial charge in [-0.25, -0.2) is 5.09 Å². The van der Waals surface area contributed by atoms with Crippen molar-refractivity contribution in [3.63, 3.8) is 0 Å². The molecule has 0 radical (unpaired) electrons. The Labute approximate surface area is 111 Å². The number of rotatable bonds is 7. The molecule has 0 bridgehead atoms. The van der Waals surface area contributed by atoms with Gasteiger partial charge in [-0.2, -0.15) is 0 Å². The van der Waals surface area contributed by atoms with Crippen molar-refractivity contribution in [2.75, 3.05) is 19.0 Å². The molecule has 1 heterocycles. The van der Waals surface area contributed by atoms with E-state index < -0.39 is 7.52 Å². The Morgan fingerprint density at radius 3 is 2.89 bits per heavy atom. The van der Waals surface area contributed by atoms with Crippen LogP contribution in [0.25, 0.3) is 0 Å². The molecule has 1 N–H and O–H groups in total. The quantitative estimate of drug-likeness (QED) is 0.776. The normalized spacial score (nSPS) is 14.1. The van der Waals surface area contributed by atoms with Gasteiger partial charge < -0.3 is 4.52 Å². The molecule has 5 nitrogen and oxygen atoms in total. The summed E-state index contributed by atoms with van der Waals surface area (Å²) in [5.41, 5.74) is 0.800. The molecule has 0 aromatic carbocycles. The van der Waals surface area contributed by atoms with Crippen LogP contribution in [0, 0.1) is 0 Å². The lowest BCUT2D eigenvalue weighted by Gasteiger charge is -2.16. The Balaban J connectivity index is 2.44. The zero-order chi connectivity index (χ0) is 13.4. The van der Waals surface area contributed by atoms with Gasteiger partial charge in [-0.05, 0) is 12.1 Å². The van der Waals surface area contributed by atoms with Crippen LogP contribution in [0.3, 0.4) is 0 Å². The average molecular weight is 288 g/mol. The molecular formula is C11H17N2O3PS. The van der Waals surface area contributed by atoms with Crippen LogP contribution in [-0.2, 0) is 20.4 Å². The Kier molecular flexibility index (Phi) is 6.57. The van der Waals surface area contributed by atoms with E-state index in [0.717, 1.165) is 17.5 Å². The predicted molar refractivity (Wildman–Crippen MR) is 73.7 cm³/mol. The number of pyridine rings is 1. The maximum absolute atomic E-state index is 12.3. The molecule has 1 aromatic heterocycles. The summed E-state index contributed by atoms with van der Waals surface area (Å²) in [5.74, 6) is 0.482. The first-order valence-corrected chi connectivity index (χ1v) is 8.28. The summed E-state index contributed by atoms with van der Waals surface area (Å²) in [7, 11) is -1.48. The Bertz CT molecular complexity index is 428. The Morgan fingerprint density at radius 1 is 1.56 bits per heavy atom. The number of hydrogen-bond acceptors (Lipinski definition) is 5. The summed E-state index contributed by atoms with van der Waals surface area (Å²) in [6.45, 7) is 1.88. The highest BCUT2D eigenvalue weighted by molar-refractivity contribution is 8.13. The lowest BCUT2D eigenvalue weighted by Crippen LogP contribution is -2.15. The molecule has 0 saturated carbocycles. The highest BCUT2D eigenvalue weighted by Crippen LogP contribution is 2.41. The lowest BCUT2D eigenvalue weighted by atomic mass is 10.4.